The molecular weight excluding hydrogens is 234 g/mol. The van der Waals surface area contributed by atoms with Crippen LogP contribution in [0.3, 0.4) is 0 Å². The van der Waals surface area contributed by atoms with E-state index in [9.17, 15) is 17.6 Å². The Bertz CT molecular complexity index is 396. The summed E-state index contributed by atoms with van der Waals surface area (Å²) in [6.45, 7) is 3.65. The monoisotopic (exact) mass is 249 g/mol. The standard InChI is InChI=1S/C12H15F4N/c1-11(2,6-7-17)8-4-3-5-9(10(8)13)12(14,15)16/h3-5H,6-7,17H2,1-2H3. The Morgan fingerprint density at radius 3 is 2.12 bits per heavy atom. The van der Waals surface area contributed by atoms with E-state index in [1.165, 1.54) is 12.1 Å². The second-order valence-electron chi connectivity index (χ2n) is 4.59. The molecule has 0 aromatic heterocycles. The Labute approximate surface area is 97.6 Å². The Hall–Kier alpha value is -1.10. The third-order valence-corrected chi connectivity index (χ3v) is 2.80. The smallest absolute Gasteiger partial charge is 0.330 e. The largest absolute Gasteiger partial charge is 0.419 e. The molecule has 5 heteroatoms. The molecule has 0 saturated carbocycles. The molecule has 0 aliphatic heterocycles. The summed E-state index contributed by atoms with van der Waals surface area (Å²) in [6.07, 6.45) is -4.25. The van der Waals surface area contributed by atoms with E-state index in [2.05, 4.69) is 0 Å². The molecule has 0 heterocycles. The number of nitrogens with two attached hydrogens (primary N) is 1. The van der Waals surface area contributed by atoms with Gasteiger partial charge in [-0.15, -0.1) is 0 Å². The highest BCUT2D eigenvalue weighted by atomic mass is 19.4. The molecule has 0 spiro atoms. The summed E-state index contributed by atoms with van der Waals surface area (Å²) in [7, 11) is 0. The normalized spacial score (nSPS) is 12.9. The molecule has 0 aliphatic carbocycles. The molecule has 1 aromatic rings. The molecule has 0 amide bonds. The fourth-order valence-corrected chi connectivity index (χ4v) is 1.77. The lowest BCUT2D eigenvalue weighted by Crippen LogP contribution is -2.24. The maximum absolute atomic E-state index is 13.8. The lowest BCUT2D eigenvalue weighted by Gasteiger charge is -2.26. The van der Waals surface area contributed by atoms with Gasteiger partial charge in [-0.2, -0.15) is 13.2 Å². The Balaban J connectivity index is 3.29. The van der Waals surface area contributed by atoms with Crippen LogP contribution in [0.1, 0.15) is 31.4 Å². The number of hydrogen-bond donors (Lipinski definition) is 1. The van der Waals surface area contributed by atoms with E-state index in [1.807, 2.05) is 0 Å². The first-order valence-corrected chi connectivity index (χ1v) is 5.26. The molecule has 0 fully saturated rings. The van der Waals surface area contributed by atoms with E-state index < -0.39 is 23.0 Å². The zero-order valence-corrected chi connectivity index (χ0v) is 9.74. The van der Waals surface area contributed by atoms with E-state index >= 15 is 0 Å². The minimum Gasteiger partial charge on any atom is -0.330 e. The van der Waals surface area contributed by atoms with Gasteiger partial charge in [0.2, 0.25) is 0 Å². The van der Waals surface area contributed by atoms with Crippen molar-refractivity contribution in [1.82, 2.24) is 0 Å². The number of benzene rings is 1. The van der Waals surface area contributed by atoms with E-state index in [0.29, 0.717) is 13.0 Å². The van der Waals surface area contributed by atoms with Crippen LogP contribution in [-0.2, 0) is 11.6 Å². The highest BCUT2D eigenvalue weighted by molar-refractivity contribution is 5.33. The number of halogens is 4. The van der Waals surface area contributed by atoms with Crippen molar-refractivity contribution in [3.63, 3.8) is 0 Å². The van der Waals surface area contributed by atoms with Gasteiger partial charge in [0.15, 0.2) is 0 Å². The lowest BCUT2D eigenvalue weighted by atomic mass is 9.80. The summed E-state index contributed by atoms with van der Waals surface area (Å²) < 4.78 is 51.4. The first-order chi connectivity index (χ1) is 7.70. The van der Waals surface area contributed by atoms with Gasteiger partial charge < -0.3 is 5.73 Å². The molecule has 17 heavy (non-hydrogen) atoms. The maximum atomic E-state index is 13.8. The number of rotatable bonds is 3. The van der Waals surface area contributed by atoms with Crippen LogP contribution in [0.4, 0.5) is 17.6 Å². The Morgan fingerprint density at radius 2 is 1.65 bits per heavy atom. The van der Waals surface area contributed by atoms with Crippen molar-refractivity contribution < 1.29 is 17.6 Å². The Kier molecular flexibility index (Phi) is 3.81. The van der Waals surface area contributed by atoms with Crippen LogP contribution in [0.25, 0.3) is 0 Å². The van der Waals surface area contributed by atoms with Crippen LogP contribution in [0, 0.1) is 5.82 Å². The first-order valence-electron chi connectivity index (χ1n) is 5.26. The van der Waals surface area contributed by atoms with Gasteiger partial charge in [-0.1, -0.05) is 26.0 Å². The fourth-order valence-electron chi connectivity index (χ4n) is 1.77. The van der Waals surface area contributed by atoms with Gasteiger partial charge in [0, 0.05) is 0 Å². The lowest BCUT2D eigenvalue weighted by molar-refractivity contribution is -0.140. The van der Waals surface area contributed by atoms with Gasteiger partial charge >= 0.3 is 6.18 Å². The predicted octanol–water partition coefficient (Wildman–Crippen LogP) is 3.47. The van der Waals surface area contributed by atoms with Crippen LogP contribution in [0.2, 0.25) is 0 Å². The van der Waals surface area contributed by atoms with Gasteiger partial charge in [-0.05, 0) is 30.0 Å². The molecular formula is C12H15F4N. The summed E-state index contributed by atoms with van der Waals surface area (Å²) >= 11 is 0. The number of hydrogen-bond acceptors (Lipinski definition) is 1. The zero-order valence-electron chi connectivity index (χ0n) is 9.74. The third kappa shape index (κ3) is 2.97. The molecule has 0 radical (unpaired) electrons. The molecule has 2 N–H and O–H groups in total. The van der Waals surface area contributed by atoms with E-state index in [-0.39, 0.29) is 5.56 Å². The maximum Gasteiger partial charge on any atom is 0.419 e. The predicted molar refractivity (Wildman–Crippen MR) is 58.1 cm³/mol. The van der Waals surface area contributed by atoms with Crippen LogP contribution >= 0.6 is 0 Å². The van der Waals surface area contributed by atoms with E-state index in [4.69, 9.17) is 5.73 Å². The van der Waals surface area contributed by atoms with Crippen LogP contribution in [0.5, 0.6) is 0 Å². The summed E-state index contributed by atoms with van der Waals surface area (Å²) in [5.74, 6) is -1.20. The molecule has 96 valence electrons. The van der Waals surface area contributed by atoms with Gasteiger partial charge in [0.25, 0.3) is 0 Å². The molecule has 0 unspecified atom stereocenters. The average Bonchev–Trinajstić information content (AvgIpc) is 2.15. The van der Waals surface area contributed by atoms with Crippen molar-refractivity contribution in [3.8, 4) is 0 Å². The van der Waals surface area contributed by atoms with Crippen molar-refractivity contribution in [2.24, 2.45) is 5.73 Å². The van der Waals surface area contributed by atoms with Gasteiger partial charge in [0.1, 0.15) is 5.82 Å². The number of alkyl halides is 3. The molecule has 0 atom stereocenters. The van der Waals surface area contributed by atoms with E-state index in [1.54, 1.807) is 13.8 Å². The van der Waals surface area contributed by atoms with Gasteiger partial charge in [0.05, 0.1) is 5.56 Å². The highest BCUT2D eigenvalue weighted by Crippen LogP contribution is 2.36. The fraction of sp³-hybridized carbons (Fsp3) is 0.500. The summed E-state index contributed by atoms with van der Waals surface area (Å²) in [4.78, 5) is 0. The van der Waals surface area contributed by atoms with Crippen molar-refractivity contribution in [1.29, 1.82) is 0 Å². The van der Waals surface area contributed by atoms with Crippen molar-refractivity contribution in [2.75, 3.05) is 6.54 Å². The Morgan fingerprint density at radius 1 is 1.12 bits per heavy atom. The van der Waals surface area contributed by atoms with E-state index in [0.717, 1.165) is 6.07 Å². The van der Waals surface area contributed by atoms with Crippen LogP contribution < -0.4 is 5.73 Å². The van der Waals surface area contributed by atoms with Crippen LogP contribution in [0.15, 0.2) is 18.2 Å². The summed E-state index contributed by atoms with van der Waals surface area (Å²) in [6, 6.07) is 3.34. The average molecular weight is 249 g/mol. The minimum atomic E-state index is -4.67. The second kappa shape index (κ2) is 4.64. The summed E-state index contributed by atoms with van der Waals surface area (Å²) in [5, 5.41) is 0. The quantitative estimate of drug-likeness (QED) is 0.815. The van der Waals surface area contributed by atoms with Gasteiger partial charge in [-0.25, -0.2) is 4.39 Å². The van der Waals surface area contributed by atoms with Crippen molar-refractivity contribution >= 4 is 0 Å². The second-order valence-corrected chi connectivity index (χ2v) is 4.59. The molecule has 1 nitrogen and oxygen atoms in total. The molecule has 1 aromatic carbocycles. The molecule has 0 saturated heterocycles. The summed E-state index contributed by atoms with van der Waals surface area (Å²) in [5.41, 5.74) is 3.50. The minimum absolute atomic E-state index is 0.0535. The highest BCUT2D eigenvalue weighted by Gasteiger charge is 2.36. The van der Waals surface area contributed by atoms with Crippen molar-refractivity contribution in [3.05, 3.63) is 35.1 Å². The SMILES string of the molecule is CC(C)(CCN)c1cccc(C(F)(F)F)c1F. The third-order valence-electron chi connectivity index (χ3n) is 2.80. The molecule has 0 bridgehead atoms. The molecule has 0 aliphatic rings. The topological polar surface area (TPSA) is 26.0 Å². The van der Waals surface area contributed by atoms with Crippen LogP contribution in [-0.4, -0.2) is 6.54 Å². The van der Waals surface area contributed by atoms with Gasteiger partial charge in [-0.3, -0.25) is 0 Å². The molecule has 1 rings (SSSR count). The van der Waals surface area contributed by atoms with Crippen molar-refractivity contribution in [2.45, 2.75) is 31.9 Å². The first kappa shape index (κ1) is 14.0. The zero-order chi connectivity index (χ0) is 13.3.